The number of hydrogen-bond acceptors (Lipinski definition) is 6. The van der Waals surface area contributed by atoms with Crippen LogP contribution >= 0.6 is 0 Å². The van der Waals surface area contributed by atoms with Gasteiger partial charge in [-0.1, -0.05) is 0 Å². The first kappa shape index (κ1) is 17.9. The number of rotatable bonds is 8. The lowest BCUT2D eigenvalue weighted by Gasteiger charge is -2.07. The fraction of sp³-hybridized carbons (Fsp3) is 0.176. The van der Waals surface area contributed by atoms with E-state index in [0.29, 0.717) is 12.2 Å². The summed E-state index contributed by atoms with van der Waals surface area (Å²) in [6.45, 7) is 2.57. The molecule has 0 aromatic heterocycles. The van der Waals surface area contributed by atoms with Crippen molar-refractivity contribution in [3.05, 3.63) is 64.2 Å². The quantitative estimate of drug-likeness (QED) is 0.436. The highest BCUT2D eigenvalue weighted by atomic mass is 16.6. The van der Waals surface area contributed by atoms with Gasteiger partial charge in [-0.05, 0) is 48.9 Å². The number of nitro groups is 1. The van der Waals surface area contributed by atoms with Crippen LogP contribution in [0.15, 0.2) is 53.6 Å². The second-order valence-electron chi connectivity index (χ2n) is 4.95. The molecule has 0 atom stereocenters. The lowest BCUT2D eigenvalue weighted by Crippen LogP contribution is -2.25. The Bertz CT molecular complexity index is 742. The van der Waals surface area contributed by atoms with Crippen molar-refractivity contribution < 1.29 is 14.5 Å². The summed E-state index contributed by atoms with van der Waals surface area (Å²) in [5, 5.41) is 17.3. The number of carbonyl (C=O) groups excluding carboxylic acids is 1. The van der Waals surface area contributed by atoms with Crippen LogP contribution in [-0.4, -0.2) is 30.2 Å². The minimum absolute atomic E-state index is 0.000686. The molecule has 0 unspecified atom stereocenters. The van der Waals surface area contributed by atoms with Crippen molar-refractivity contribution in [3.8, 4) is 5.75 Å². The number of nitrogens with one attached hydrogen (secondary N) is 2. The minimum atomic E-state index is -0.477. The van der Waals surface area contributed by atoms with Gasteiger partial charge in [-0.25, -0.2) is 5.43 Å². The highest BCUT2D eigenvalue weighted by Gasteiger charge is 2.03. The Kier molecular flexibility index (Phi) is 6.47. The lowest BCUT2D eigenvalue weighted by molar-refractivity contribution is -0.384. The van der Waals surface area contributed by atoms with Crippen LogP contribution in [0, 0.1) is 10.1 Å². The Morgan fingerprint density at radius 2 is 1.88 bits per heavy atom. The zero-order valence-corrected chi connectivity index (χ0v) is 13.6. The highest BCUT2D eigenvalue weighted by molar-refractivity contribution is 5.84. The Labute approximate surface area is 144 Å². The molecule has 0 saturated carbocycles. The Morgan fingerprint density at radius 3 is 2.48 bits per heavy atom. The van der Waals surface area contributed by atoms with E-state index in [-0.39, 0.29) is 18.1 Å². The van der Waals surface area contributed by atoms with Crippen LogP contribution in [0.3, 0.4) is 0 Å². The van der Waals surface area contributed by atoms with Crippen molar-refractivity contribution in [1.82, 2.24) is 5.43 Å². The van der Waals surface area contributed by atoms with E-state index in [1.807, 2.05) is 31.2 Å². The van der Waals surface area contributed by atoms with Gasteiger partial charge in [0, 0.05) is 17.8 Å². The van der Waals surface area contributed by atoms with Crippen molar-refractivity contribution in [2.45, 2.75) is 6.92 Å². The third-order valence-electron chi connectivity index (χ3n) is 3.13. The van der Waals surface area contributed by atoms with Gasteiger partial charge in [-0.15, -0.1) is 0 Å². The summed E-state index contributed by atoms with van der Waals surface area (Å²) in [4.78, 5) is 21.8. The molecule has 2 rings (SSSR count). The van der Waals surface area contributed by atoms with Gasteiger partial charge in [0.05, 0.1) is 24.3 Å². The molecular formula is C17H18N4O4. The van der Waals surface area contributed by atoms with Gasteiger partial charge >= 0.3 is 0 Å². The van der Waals surface area contributed by atoms with Gasteiger partial charge in [-0.2, -0.15) is 5.10 Å². The molecule has 0 spiro atoms. The summed E-state index contributed by atoms with van der Waals surface area (Å²) >= 11 is 0. The van der Waals surface area contributed by atoms with E-state index in [9.17, 15) is 14.9 Å². The maximum Gasteiger partial charge on any atom is 0.269 e. The largest absolute Gasteiger partial charge is 0.494 e. The van der Waals surface area contributed by atoms with E-state index in [1.165, 1.54) is 18.3 Å². The number of carbonyl (C=O) groups is 1. The molecule has 1 amide bonds. The van der Waals surface area contributed by atoms with Crippen molar-refractivity contribution in [3.63, 3.8) is 0 Å². The second kappa shape index (κ2) is 9.02. The molecule has 0 radical (unpaired) electrons. The number of ether oxygens (including phenoxy) is 1. The molecule has 130 valence electrons. The molecule has 0 aliphatic heterocycles. The molecule has 2 aromatic carbocycles. The zero-order valence-electron chi connectivity index (χ0n) is 13.6. The predicted molar refractivity (Wildman–Crippen MR) is 94.9 cm³/mol. The number of non-ortho nitro benzene ring substituents is 1. The van der Waals surface area contributed by atoms with Gasteiger partial charge in [-0.3, -0.25) is 14.9 Å². The molecule has 8 heteroatoms. The fourth-order valence-corrected chi connectivity index (χ4v) is 1.92. The van der Waals surface area contributed by atoms with Crippen LogP contribution in [0.2, 0.25) is 0 Å². The molecule has 0 bridgehead atoms. The van der Waals surface area contributed by atoms with Crippen LogP contribution < -0.4 is 15.5 Å². The Balaban J connectivity index is 1.77. The standard InChI is InChI=1S/C17H18N4O4/c1-2-25-16-9-5-14(6-10-16)18-12-17(22)20-19-11-13-3-7-15(8-4-13)21(23)24/h3-11,18H,2,12H2,1H3,(H,20,22)/b19-11+. The maximum atomic E-state index is 11.7. The molecule has 0 fully saturated rings. The van der Waals surface area contributed by atoms with Gasteiger partial charge in [0.2, 0.25) is 0 Å². The van der Waals surface area contributed by atoms with E-state index in [0.717, 1.165) is 11.4 Å². The van der Waals surface area contributed by atoms with Gasteiger partial charge in [0.25, 0.3) is 11.6 Å². The molecule has 8 nitrogen and oxygen atoms in total. The minimum Gasteiger partial charge on any atom is -0.494 e. The average molecular weight is 342 g/mol. The summed E-state index contributed by atoms with van der Waals surface area (Å²) in [6.07, 6.45) is 1.42. The molecule has 0 aliphatic rings. The molecule has 25 heavy (non-hydrogen) atoms. The van der Waals surface area contributed by atoms with E-state index in [1.54, 1.807) is 12.1 Å². The fourth-order valence-electron chi connectivity index (χ4n) is 1.92. The molecule has 0 saturated heterocycles. The van der Waals surface area contributed by atoms with Crippen molar-refractivity contribution in [1.29, 1.82) is 0 Å². The van der Waals surface area contributed by atoms with Gasteiger partial charge in [0.1, 0.15) is 5.75 Å². The van der Waals surface area contributed by atoms with E-state index in [2.05, 4.69) is 15.8 Å². The van der Waals surface area contributed by atoms with Crippen LogP contribution in [0.4, 0.5) is 11.4 Å². The van der Waals surface area contributed by atoms with Gasteiger partial charge < -0.3 is 10.1 Å². The van der Waals surface area contributed by atoms with E-state index >= 15 is 0 Å². The number of benzene rings is 2. The summed E-state index contributed by atoms with van der Waals surface area (Å²) in [5.41, 5.74) is 3.81. The Morgan fingerprint density at radius 1 is 1.20 bits per heavy atom. The lowest BCUT2D eigenvalue weighted by atomic mass is 10.2. The third-order valence-corrected chi connectivity index (χ3v) is 3.13. The molecular weight excluding hydrogens is 324 g/mol. The number of amides is 1. The number of nitro benzene ring substituents is 1. The zero-order chi connectivity index (χ0) is 18.1. The summed E-state index contributed by atoms with van der Waals surface area (Å²) in [6, 6.07) is 13.1. The van der Waals surface area contributed by atoms with Crippen molar-refractivity contribution in [2.75, 3.05) is 18.5 Å². The molecule has 0 aliphatic carbocycles. The molecule has 2 N–H and O–H groups in total. The number of nitrogens with zero attached hydrogens (tertiary/aromatic N) is 2. The third kappa shape index (κ3) is 5.94. The molecule has 2 aromatic rings. The van der Waals surface area contributed by atoms with E-state index in [4.69, 9.17) is 4.74 Å². The first-order valence-corrected chi connectivity index (χ1v) is 7.61. The normalized spacial score (nSPS) is 10.4. The summed E-state index contributed by atoms with van der Waals surface area (Å²) < 4.78 is 5.34. The van der Waals surface area contributed by atoms with Crippen molar-refractivity contribution >= 4 is 23.5 Å². The first-order chi connectivity index (χ1) is 12.1. The molecule has 0 heterocycles. The topological polar surface area (TPSA) is 106 Å². The summed E-state index contributed by atoms with van der Waals surface area (Å²) in [7, 11) is 0. The second-order valence-corrected chi connectivity index (χ2v) is 4.95. The smallest absolute Gasteiger partial charge is 0.269 e. The van der Waals surface area contributed by atoms with Crippen LogP contribution in [-0.2, 0) is 4.79 Å². The van der Waals surface area contributed by atoms with E-state index < -0.39 is 4.92 Å². The number of hydrazone groups is 1. The average Bonchev–Trinajstić information content (AvgIpc) is 2.62. The first-order valence-electron chi connectivity index (χ1n) is 7.61. The van der Waals surface area contributed by atoms with Gasteiger partial charge in [0.15, 0.2) is 0 Å². The van der Waals surface area contributed by atoms with Crippen LogP contribution in [0.25, 0.3) is 0 Å². The van der Waals surface area contributed by atoms with Crippen LogP contribution in [0.5, 0.6) is 5.75 Å². The Hall–Kier alpha value is -3.42. The monoisotopic (exact) mass is 342 g/mol. The maximum absolute atomic E-state index is 11.7. The van der Waals surface area contributed by atoms with Crippen molar-refractivity contribution in [2.24, 2.45) is 5.10 Å². The number of hydrogen-bond donors (Lipinski definition) is 2. The highest BCUT2D eigenvalue weighted by Crippen LogP contribution is 2.15. The predicted octanol–water partition coefficient (Wildman–Crippen LogP) is 2.56. The SMILES string of the molecule is CCOc1ccc(NCC(=O)N/N=C/c2ccc([N+](=O)[O-])cc2)cc1. The summed E-state index contributed by atoms with van der Waals surface area (Å²) in [5.74, 6) is 0.456. The van der Waals surface area contributed by atoms with Crippen LogP contribution in [0.1, 0.15) is 12.5 Å². The number of anilines is 1.